The van der Waals surface area contributed by atoms with Crippen molar-refractivity contribution in [1.29, 1.82) is 5.26 Å². The monoisotopic (exact) mass is 385 g/mol. The number of nitrogens with zero attached hydrogens (tertiary/aromatic N) is 3. The molecule has 0 atom stereocenters. The van der Waals surface area contributed by atoms with Crippen LogP contribution in [0, 0.1) is 16.5 Å². The zero-order valence-electron chi connectivity index (χ0n) is 15.4. The maximum absolute atomic E-state index is 14.0. The summed E-state index contributed by atoms with van der Waals surface area (Å²) in [5.74, 6) is 0.0937. The molecule has 2 aromatic carbocycles. The standard InChI is InChI=1S/C18H14FN3O2S.C2H6/c1-24-13-3-2-12(16(19)8-13)6-7-22-11-21-17-9-14(25-10-20)4-5-15(17)18(22)23;1-2/h2-5,8-9,11H,6-7H2,1H3;1-2H3. The van der Waals surface area contributed by atoms with Gasteiger partial charge in [0.1, 0.15) is 17.0 Å². The number of ether oxygens (including phenoxy) is 1. The highest BCUT2D eigenvalue weighted by atomic mass is 32.2. The third-order valence-corrected chi connectivity index (χ3v) is 4.42. The van der Waals surface area contributed by atoms with Crippen LogP contribution in [0.25, 0.3) is 10.9 Å². The molecule has 0 bridgehead atoms. The van der Waals surface area contributed by atoms with Crippen molar-refractivity contribution in [2.45, 2.75) is 31.7 Å². The molecule has 140 valence electrons. The average Bonchev–Trinajstić information content (AvgIpc) is 2.70. The van der Waals surface area contributed by atoms with Crippen LogP contribution in [0.2, 0.25) is 0 Å². The number of aromatic nitrogens is 2. The molecule has 7 heteroatoms. The second kappa shape index (κ2) is 9.74. The molecule has 0 saturated heterocycles. The number of fused-ring (bicyclic) bond motifs is 1. The van der Waals surface area contributed by atoms with Crippen LogP contribution in [0.5, 0.6) is 5.75 Å². The summed E-state index contributed by atoms with van der Waals surface area (Å²) in [4.78, 5) is 17.6. The number of hydrogen-bond donors (Lipinski definition) is 0. The quantitative estimate of drug-likeness (QED) is 0.481. The predicted molar refractivity (Wildman–Crippen MR) is 105 cm³/mol. The smallest absolute Gasteiger partial charge is 0.261 e. The molecule has 0 aliphatic heterocycles. The fraction of sp³-hybridized carbons (Fsp3) is 0.250. The lowest BCUT2D eigenvalue weighted by atomic mass is 10.1. The SMILES string of the molecule is CC.COc1ccc(CCn2cnc3cc(SC#N)ccc3c2=O)c(F)c1. The van der Waals surface area contributed by atoms with Crippen LogP contribution in [0.4, 0.5) is 4.39 Å². The minimum absolute atomic E-state index is 0.188. The zero-order valence-corrected chi connectivity index (χ0v) is 16.2. The van der Waals surface area contributed by atoms with E-state index in [1.165, 1.54) is 24.1 Å². The van der Waals surface area contributed by atoms with E-state index in [0.717, 1.165) is 16.7 Å². The van der Waals surface area contributed by atoms with E-state index in [1.807, 2.05) is 19.2 Å². The Kier molecular flexibility index (Phi) is 7.38. The number of thiocyanates is 1. The number of nitriles is 1. The summed E-state index contributed by atoms with van der Waals surface area (Å²) in [7, 11) is 1.48. The summed E-state index contributed by atoms with van der Waals surface area (Å²) in [6, 6.07) is 9.75. The van der Waals surface area contributed by atoms with E-state index in [-0.39, 0.29) is 11.4 Å². The van der Waals surface area contributed by atoms with Crippen LogP contribution in [0.1, 0.15) is 19.4 Å². The molecule has 0 spiro atoms. The number of aryl methyl sites for hydroxylation is 2. The molecular formula is C20H20FN3O2S. The molecule has 27 heavy (non-hydrogen) atoms. The van der Waals surface area contributed by atoms with Crippen LogP contribution >= 0.6 is 11.8 Å². The molecule has 0 fully saturated rings. The number of halogens is 1. The summed E-state index contributed by atoms with van der Waals surface area (Å²) in [5, 5.41) is 11.2. The number of thioether (sulfide) groups is 1. The lowest BCUT2D eigenvalue weighted by Crippen LogP contribution is -2.21. The van der Waals surface area contributed by atoms with Gasteiger partial charge in [0.05, 0.1) is 24.3 Å². The van der Waals surface area contributed by atoms with Crippen LogP contribution < -0.4 is 10.3 Å². The first-order valence-corrected chi connectivity index (χ1v) is 9.31. The van der Waals surface area contributed by atoms with E-state index in [0.29, 0.717) is 35.2 Å². The summed E-state index contributed by atoms with van der Waals surface area (Å²) >= 11 is 1.02. The van der Waals surface area contributed by atoms with Crippen molar-refractivity contribution in [3.8, 4) is 11.2 Å². The van der Waals surface area contributed by atoms with Crippen molar-refractivity contribution < 1.29 is 9.13 Å². The second-order valence-corrected chi connectivity index (χ2v) is 6.18. The highest BCUT2D eigenvalue weighted by Crippen LogP contribution is 2.20. The van der Waals surface area contributed by atoms with Crippen molar-refractivity contribution in [3.63, 3.8) is 0 Å². The van der Waals surface area contributed by atoms with Gasteiger partial charge in [0, 0.05) is 17.5 Å². The van der Waals surface area contributed by atoms with Gasteiger partial charge in [0.2, 0.25) is 0 Å². The van der Waals surface area contributed by atoms with Crippen molar-refractivity contribution in [3.05, 3.63) is 64.5 Å². The Morgan fingerprint density at radius 3 is 2.70 bits per heavy atom. The molecule has 0 aliphatic rings. The van der Waals surface area contributed by atoms with E-state index >= 15 is 0 Å². The van der Waals surface area contributed by atoms with Crippen LogP contribution in [0.15, 0.2) is 52.4 Å². The molecule has 1 aromatic heterocycles. The van der Waals surface area contributed by atoms with Gasteiger partial charge in [-0.2, -0.15) is 5.26 Å². The van der Waals surface area contributed by atoms with Crippen molar-refractivity contribution in [2.75, 3.05) is 7.11 Å². The van der Waals surface area contributed by atoms with E-state index < -0.39 is 0 Å². The second-order valence-electron chi connectivity index (χ2n) is 5.32. The highest BCUT2D eigenvalue weighted by molar-refractivity contribution is 8.03. The van der Waals surface area contributed by atoms with Gasteiger partial charge in [-0.25, -0.2) is 9.37 Å². The van der Waals surface area contributed by atoms with Gasteiger partial charge in [-0.1, -0.05) is 19.9 Å². The molecule has 0 radical (unpaired) electrons. The largest absolute Gasteiger partial charge is 0.497 e. The molecule has 0 saturated carbocycles. The lowest BCUT2D eigenvalue weighted by Gasteiger charge is -2.09. The molecule has 0 unspecified atom stereocenters. The van der Waals surface area contributed by atoms with E-state index in [2.05, 4.69) is 4.98 Å². The third-order valence-electron chi connectivity index (χ3n) is 3.84. The average molecular weight is 385 g/mol. The zero-order chi connectivity index (χ0) is 19.8. The molecule has 3 rings (SSSR count). The predicted octanol–water partition coefficient (Wildman–Crippen LogP) is 4.39. The van der Waals surface area contributed by atoms with Gasteiger partial charge in [-0.05, 0) is 48.0 Å². The Morgan fingerprint density at radius 2 is 2.04 bits per heavy atom. The fourth-order valence-electron chi connectivity index (χ4n) is 2.51. The minimum Gasteiger partial charge on any atom is -0.497 e. The maximum Gasteiger partial charge on any atom is 0.261 e. The van der Waals surface area contributed by atoms with Crippen molar-refractivity contribution in [2.24, 2.45) is 0 Å². The molecule has 1 heterocycles. The van der Waals surface area contributed by atoms with Crippen LogP contribution in [-0.2, 0) is 13.0 Å². The Balaban J connectivity index is 0.00000126. The first kappa shape index (κ1) is 20.5. The summed E-state index contributed by atoms with van der Waals surface area (Å²) in [6.07, 6.45) is 1.82. The van der Waals surface area contributed by atoms with Gasteiger partial charge < -0.3 is 4.74 Å². The molecule has 0 aliphatic carbocycles. The van der Waals surface area contributed by atoms with E-state index in [9.17, 15) is 9.18 Å². The van der Waals surface area contributed by atoms with E-state index in [4.69, 9.17) is 10.00 Å². The molecule has 3 aromatic rings. The van der Waals surface area contributed by atoms with Gasteiger partial charge in [-0.15, -0.1) is 0 Å². The Labute approximate surface area is 161 Å². The first-order valence-electron chi connectivity index (χ1n) is 8.50. The summed E-state index contributed by atoms with van der Waals surface area (Å²) in [5.41, 5.74) is 0.859. The first-order chi connectivity index (χ1) is 13.1. The number of methoxy groups -OCH3 is 1. The Bertz CT molecular complexity index is 1030. The molecule has 0 amide bonds. The van der Waals surface area contributed by atoms with E-state index in [1.54, 1.807) is 30.3 Å². The highest BCUT2D eigenvalue weighted by Gasteiger charge is 2.08. The number of hydrogen-bond acceptors (Lipinski definition) is 5. The molecule has 5 nitrogen and oxygen atoms in total. The molecule has 0 N–H and O–H groups in total. The fourth-order valence-corrected chi connectivity index (χ4v) is 2.92. The summed E-state index contributed by atoms with van der Waals surface area (Å²) < 4.78 is 20.4. The minimum atomic E-state index is -0.362. The number of rotatable bonds is 5. The topological polar surface area (TPSA) is 67.9 Å². The summed E-state index contributed by atoms with van der Waals surface area (Å²) in [6.45, 7) is 4.32. The maximum atomic E-state index is 14.0. The van der Waals surface area contributed by atoms with Crippen molar-refractivity contribution >= 4 is 22.7 Å². The normalized spacial score (nSPS) is 10.0. The Morgan fingerprint density at radius 1 is 1.26 bits per heavy atom. The molecular weight excluding hydrogens is 365 g/mol. The lowest BCUT2D eigenvalue weighted by molar-refractivity contribution is 0.410. The van der Waals surface area contributed by atoms with Crippen LogP contribution in [-0.4, -0.2) is 16.7 Å². The van der Waals surface area contributed by atoms with Gasteiger partial charge >= 0.3 is 0 Å². The third kappa shape index (κ3) is 4.86. The van der Waals surface area contributed by atoms with Gasteiger partial charge in [0.15, 0.2) is 0 Å². The van der Waals surface area contributed by atoms with Gasteiger partial charge in [0.25, 0.3) is 5.56 Å². The Hall–Kier alpha value is -2.85. The van der Waals surface area contributed by atoms with Gasteiger partial charge in [-0.3, -0.25) is 9.36 Å². The van der Waals surface area contributed by atoms with Crippen LogP contribution in [0.3, 0.4) is 0 Å². The van der Waals surface area contributed by atoms with Crippen molar-refractivity contribution in [1.82, 2.24) is 9.55 Å². The number of benzene rings is 2.